The molecule has 2 aliphatic heterocycles. The van der Waals surface area contributed by atoms with Crippen molar-refractivity contribution in [3.63, 3.8) is 0 Å². The highest BCUT2D eigenvalue weighted by Gasteiger charge is 2.40. The van der Waals surface area contributed by atoms with Crippen LogP contribution >= 0.6 is 0 Å². The second-order valence-corrected chi connectivity index (χ2v) is 8.46. The summed E-state index contributed by atoms with van der Waals surface area (Å²) >= 11 is 0. The average Bonchev–Trinajstić information content (AvgIpc) is 3.31. The smallest absolute Gasteiger partial charge is 0.143 e. The molecule has 0 radical (unpaired) electrons. The molecule has 3 heterocycles. The fraction of sp³-hybridized carbons (Fsp3) is 0.591. The summed E-state index contributed by atoms with van der Waals surface area (Å²) in [5.41, 5.74) is 10.7. The SMILES string of the molecule is Cc1cc(C2CNNC2C2CCCCN2Cc2ccc(C(C)C)cc2)on1. The number of hydrazine groups is 1. The number of nitrogens with zero attached hydrogens (tertiary/aromatic N) is 2. The number of rotatable bonds is 5. The zero-order chi connectivity index (χ0) is 18.8. The van der Waals surface area contributed by atoms with Crippen molar-refractivity contribution in [2.45, 2.75) is 70.5 Å². The molecule has 0 spiro atoms. The Kier molecular flexibility index (Phi) is 5.62. The van der Waals surface area contributed by atoms with Crippen molar-refractivity contribution < 1.29 is 4.52 Å². The highest BCUT2D eigenvalue weighted by atomic mass is 16.5. The molecule has 27 heavy (non-hydrogen) atoms. The van der Waals surface area contributed by atoms with E-state index in [9.17, 15) is 0 Å². The van der Waals surface area contributed by atoms with Crippen LogP contribution in [0.4, 0.5) is 0 Å². The Balaban J connectivity index is 1.50. The van der Waals surface area contributed by atoms with Crippen molar-refractivity contribution in [1.29, 1.82) is 0 Å². The summed E-state index contributed by atoms with van der Waals surface area (Å²) in [6.07, 6.45) is 3.81. The maximum Gasteiger partial charge on any atom is 0.143 e. The Hall–Kier alpha value is -1.69. The van der Waals surface area contributed by atoms with Gasteiger partial charge in [-0.15, -0.1) is 0 Å². The summed E-state index contributed by atoms with van der Waals surface area (Å²) in [7, 11) is 0. The predicted octanol–water partition coefficient (Wildman–Crippen LogP) is 3.72. The van der Waals surface area contributed by atoms with Crippen LogP contribution < -0.4 is 10.9 Å². The number of piperidine rings is 1. The first-order valence-corrected chi connectivity index (χ1v) is 10.4. The maximum absolute atomic E-state index is 5.61. The second-order valence-electron chi connectivity index (χ2n) is 8.46. The lowest BCUT2D eigenvalue weighted by atomic mass is 9.86. The van der Waals surface area contributed by atoms with Gasteiger partial charge in [-0.25, -0.2) is 0 Å². The van der Waals surface area contributed by atoms with Gasteiger partial charge in [0, 0.05) is 31.2 Å². The highest BCUT2D eigenvalue weighted by molar-refractivity contribution is 5.25. The number of likely N-dealkylation sites (tertiary alicyclic amines) is 1. The van der Waals surface area contributed by atoms with E-state index in [0.29, 0.717) is 23.9 Å². The second kappa shape index (κ2) is 8.13. The molecule has 146 valence electrons. The molecule has 2 N–H and O–H groups in total. The Bertz CT molecular complexity index is 739. The molecule has 0 amide bonds. The zero-order valence-corrected chi connectivity index (χ0v) is 16.7. The fourth-order valence-corrected chi connectivity index (χ4v) is 4.58. The Morgan fingerprint density at radius 1 is 1.22 bits per heavy atom. The van der Waals surface area contributed by atoms with Gasteiger partial charge in [0.25, 0.3) is 0 Å². The zero-order valence-electron chi connectivity index (χ0n) is 16.7. The first-order chi connectivity index (χ1) is 13.1. The van der Waals surface area contributed by atoms with Gasteiger partial charge in [-0.1, -0.05) is 49.7 Å². The van der Waals surface area contributed by atoms with Crippen molar-refractivity contribution in [1.82, 2.24) is 20.9 Å². The van der Waals surface area contributed by atoms with E-state index in [0.717, 1.165) is 31.1 Å². The molecule has 5 nitrogen and oxygen atoms in total. The van der Waals surface area contributed by atoms with Gasteiger partial charge < -0.3 is 4.52 Å². The number of aryl methyl sites for hydroxylation is 1. The van der Waals surface area contributed by atoms with E-state index in [4.69, 9.17) is 4.52 Å². The van der Waals surface area contributed by atoms with E-state index in [1.54, 1.807) is 0 Å². The summed E-state index contributed by atoms with van der Waals surface area (Å²) in [6, 6.07) is 12.1. The molecule has 0 aliphatic carbocycles. The molecule has 5 heteroatoms. The molecule has 2 aliphatic rings. The lowest BCUT2D eigenvalue weighted by Crippen LogP contribution is -2.52. The van der Waals surface area contributed by atoms with Crippen LogP contribution in [0.25, 0.3) is 0 Å². The number of hydrogen-bond acceptors (Lipinski definition) is 5. The number of aromatic nitrogens is 1. The van der Waals surface area contributed by atoms with E-state index in [1.807, 2.05) is 6.92 Å². The third kappa shape index (κ3) is 4.10. The van der Waals surface area contributed by atoms with Gasteiger partial charge in [0.2, 0.25) is 0 Å². The molecule has 4 rings (SSSR count). The Labute approximate surface area is 162 Å². The lowest BCUT2D eigenvalue weighted by Gasteiger charge is -2.40. The van der Waals surface area contributed by atoms with E-state index < -0.39 is 0 Å². The summed E-state index contributed by atoms with van der Waals surface area (Å²) in [5.74, 6) is 1.92. The first kappa shape index (κ1) is 18.7. The van der Waals surface area contributed by atoms with Gasteiger partial charge in [-0.05, 0) is 43.4 Å². The fourth-order valence-electron chi connectivity index (χ4n) is 4.58. The van der Waals surface area contributed by atoms with Crippen LogP contribution in [0.2, 0.25) is 0 Å². The molecule has 1 aromatic heterocycles. The molecular formula is C22H32N4O. The standard InChI is InChI=1S/C22H32N4O/c1-15(2)18-9-7-17(8-10-18)14-26-11-5-4-6-20(26)22-19(13-23-24-22)21-12-16(3)25-27-21/h7-10,12,15,19-20,22-24H,4-6,11,13-14H2,1-3H3. The van der Waals surface area contributed by atoms with Crippen molar-refractivity contribution in [2.75, 3.05) is 13.1 Å². The third-order valence-electron chi connectivity index (χ3n) is 6.15. The van der Waals surface area contributed by atoms with Crippen LogP contribution in [-0.4, -0.2) is 35.2 Å². The Morgan fingerprint density at radius 2 is 2.04 bits per heavy atom. The molecule has 3 unspecified atom stereocenters. The summed E-state index contributed by atoms with van der Waals surface area (Å²) in [5, 5.41) is 4.11. The maximum atomic E-state index is 5.61. The molecular weight excluding hydrogens is 336 g/mol. The van der Waals surface area contributed by atoms with Crippen LogP contribution in [0.3, 0.4) is 0 Å². The van der Waals surface area contributed by atoms with Crippen molar-refractivity contribution >= 4 is 0 Å². The van der Waals surface area contributed by atoms with Gasteiger partial charge in [0.05, 0.1) is 11.6 Å². The first-order valence-electron chi connectivity index (χ1n) is 10.4. The van der Waals surface area contributed by atoms with Gasteiger partial charge in [-0.2, -0.15) is 0 Å². The average molecular weight is 369 g/mol. The van der Waals surface area contributed by atoms with Crippen molar-refractivity contribution in [2.24, 2.45) is 0 Å². The molecule has 0 saturated carbocycles. The van der Waals surface area contributed by atoms with Crippen LogP contribution in [0.15, 0.2) is 34.9 Å². The normalized spacial score (nSPS) is 26.7. The number of nitrogens with one attached hydrogen (secondary N) is 2. The molecule has 2 fully saturated rings. The van der Waals surface area contributed by atoms with Crippen LogP contribution in [0.1, 0.15) is 67.5 Å². The van der Waals surface area contributed by atoms with Crippen molar-refractivity contribution in [3.05, 3.63) is 52.9 Å². The monoisotopic (exact) mass is 368 g/mol. The Morgan fingerprint density at radius 3 is 2.74 bits per heavy atom. The van der Waals surface area contributed by atoms with Crippen LogP contribution in [0.5, 0.6) is 0 Å². The minimum Gasteiger partial charge on any atom is -0.361 e. The van der Waals surface area contributed by atoms with E-state index in [2.05, 4.69) is 65.1 Å². The van der Waals surface area contributed by atoms with Gasteiger partial charge in [-0.3, -0.25) is 15.8 Å². The molecule has 2 saturated heterocycles. The molecule has 3 atom stereocenters. The predicted molar refractivity (Wildman–Crippen MR) is 107 cm³/mol. The quantitative estimate of drug-likeness (QED) is 0.842. The highest BCUT2D eigenvalue weighted by Crippen LogP contribution is 2.32. The molecule has 2 aromatic rings. The van der Waals surface area contributed by atoms with E-state index in [1.165, 1.54) is 30.4 Å². The number of hydrogen-bond donors (Lipinski definition) is 2. The minimum absolute atomic E-state index is 0.333. The molecule has 1 aromatic carbocycles. The van der Waals surface area contributed by atoms with E-state index in [-0.39, 0.29) is 0 Å². The lowest BCUT2D eigenvalue weighted by molar-refractivity contribution is 0.103. The summed E-state index contributed by atoms with van der Waals surface area (Å²) in [6.45, 7) is 9.57. The van der Waals surface area contributed by atoms with Crippen LogP contribution in [0, 0.1) is 6.92 Å². The van der Waals surface area contributed by atoms with E-state index >= 15 is 0 Å². The van der Waals surface area contributed by atoms with Gasteiger partial charge in [0.1, 0.15) is 5.76 Å². The topological polar surface area (TPSA) is 53.3 Å². The van der Waals surface area contributed by atoms with Crippen LogP contribution in [-0.2, 0) is 6.54 Å². The molecule has 0 bridgehead atoms. The minimum atomic E-state index is 0.333. The van der Waals surface area contributed by atoms with Crippen molar-refractivity contribution in [3.8, 4) is 0 Å². The largest absolute Gasteiger partial charge is 0.361 e. The summed E-state index contributed by atoms with van der Waals surface area (Å²) < 4.78 is 5.61. The third-order valence-corrected chi connectivity index (χ3v) is 6.15. The summed E-state index contributed by atoms with van der Waals surface area (Å²) in [4.78, 5) is 2.66. The number of benzene rings is 1. The van der Waals surface area contributed by atoms with Gasteiger partial charge >= 0.3 is 0 Å². The van der Waals surface area contributed by atoms with Gasteiger partial charge in [0.15, 0.2) is 0 Å².